The molecule has 1 fully saturated rings. The highest BCUT2D eigenvalue weighted by Gasteiger charge is 2.24. The van der Waals surface area contributed by atoms with E-state index in [9.17, 15) is 4.79 Å². The molecule has 1 saturated heterocycles. The van der Waals surface area contributed by atoms with Gasteiger partial charge >= 0.3 is 6.09 Å². The topological polar surface area (TPSA) is 41.6 Å². The molecule has 1 aliphatic heterocycles. The van der Waals surface area contributed by atoms with Crippen molar-refractivity contribution < 1.29 is 9.53 Å². The molecule has 0 saturated carbocycles. The van der Waals surface area contributed by atoms with Gasteiger partial charge in [-0.3, -0.25) is 0 Å². The number of piperidine rings is 1. The lowest BCUT2D eigenvalue weighted by Gasteiger charge is -2.33. The molecule has 0 bridgehead atoms. The van der Waals surface area contributed by atoms with Gasteiger partial charge in [0.15, 0.2) is 0 Å². The monoisotopic (exact) mass is 252 g/mol. The molecule has 4 nitrogen and oxygen atoms in total. The van der Waals surface area contributed by atoms with E-state index in [2.05, 4.69) is 18.2 Å². The van der Waals surface area contributed by atoms with Crippen molar-refractivity contribution in [2.45, 2.75) is 51.6 Å². The molecule has 18 heavy (non-hydrogen) atoms. The Morgan fingerprint density at radius 1 is 1.50 bits per heavy atom. The molecule has 1 atom stereocenters. The molecule has 1 N–H and O–H groups in total. The van der Waals surface area contributed by atoms with Crippen LogP contribution in [-0.4, -0.2) is 42.8 Å². The SMILES string of the molecule is C#CCC(CC)NC1CCN(C(=O)OCC)CC1. The van der Waals surface area contributed by atoms with Crippen molar-refractivity contribution in [3.8, 4) is 12.3 Å². The normalized spacial score (nSPS) is 18.2. The third-order valence-corrected chi connectivity index (χ3v) is 3.35. The number of amides is 1. The van der Waals surface area contributed by atoms with Crippen LogP contribution in [0, 0.1) is 12.3 Å². The van der Waals surface area contributed by atoms with E-state index in [1.807, 2.05) is 6.92 Å². The molecular formula is C14H24N2O2. The van der Waals surface area contributed by atoms with Crippen LogP contribution in [0.15, 0.2) is 0 Å². The largest absolute Gasteiger partial charge is 0.450 e. The van der Waals surface area contributed by atoms with Crippen LogP contribution in [0.2, 0.25) is 0 Å². The Kier molecular flexibility index (Phi) is 6.59. The number of nitrogens with zero attached hydrogens (tertiary/aromatic N) is 1. The first-order chi connectivity index (χ1) is 8.71. The Morgan fingerprint density at radius 3 is 2.67 bits per heavy atom. The van der Waals surface area contributed by atoms with Gasteiger partial charge in [0.2, 0.25) is 0 Å². The zero-order valence-electron chi connectivity index (χ0n) is 11.4. The number of likely N-dealkylation sites (tertiary alicyclic amines) is 1. The lowest BCUT2D eigenvalue weighted by Crippen LogP contribution is -2.47. The Hall–Kier alpha value is -1.21. The van der Waals surface area contributed by atoms with Gasteiger partial charge in [-0.15, -0.1) is 12.3 Å². The van der Waals surface area contributed by atoms with E-state index in [-0.39, 0.29) is 6.09 Å². The fourth-order valence-electron chi connectivity index (χ4n) is 2.24. The lowest BCUT2D eigenvalue weighted by atomic mass is 10.0. The summed E-state index contributed by atoms with van der Waals surface area (Å²) in [6, 6.07) is 0.864. The summed E-state index contributed by atoms with van der Waals surface area (Å²) in [6.07, 6.45) is 8.92. The highest BCUT2D eigenvalue weighted by Crippen LogP contribution is 2.13. The van der Waals surface area contributed by atoms with E-state index >= 15 is 0 Å². The summed E-state index contributed by atoms with van der Waals surface area (Å²) >= 11 is 0. The van der Waals surface area contributed by atoms with Crippen molar-refractivity contribution in [3.05, 3.63) is 0 Å². The van der Waals surface area contributed by atoms with Crippen molar-refractivity contribution in [2.75, 3.05) is 19.7 Å². The maximum Gasteiger partial charge on any atom is 0.409 e. The average Bonchev–Trinajstić information content (AvgIpc) is 2.39. The molecule has 1 amide bonds. The highest BCUT2D eigenvalue weighted by atomic mass is 16.6. The molecule has 0 aliphatic carbocycles. The van der Waals surface area contributed by atoms with Gasteiger partial charge in [0.25, 0.3) is 0 Å². The van der Waals surface area contributed by atoms with Crippen LogP contribution in [0.4, 0.5) is 4.79 Å². The van der Waals surface area contributed by atoms with E-state index < -0.39 is 0 Å². The van der Waals surface area contributed by atoms with Crippen molar-refractivity contribution >= 4 is 6.09 Å². The predicted molar refractivity (Wildman–Crippen MR) is 72.3 cm³/mol. The molecular weight excluding hydrogens is 228 g/mol. The van der Waals surface area contributed by atoms with Crippen LogP contribution >= 0.6 is 0 Å². The predicted octanol–water partition coefficient (Wildman–Crippen LogP) is 2.00. The third kappa shape index (κ3) is 4.58. The summed E-state index contributed by atoms with van der Waals surface area (Å²) in [7, 11) is 0. The molecule has 0 radical (unpaired) electrons. The Morgan fingerprint density at radius 2 is 2.17 bits per heavy atom. The molecule has 1 rings (SSSR count). The minimum Gasteiger partial charge on any atom is -0.450 e. The molecule has 0 aromatic heterocycles. The molecule has 0 aromatic rings. The number of hydrogen-bond acceptors (Lipinski definition) is 3. The fraction of sp³-hybridized carbons (Fsp3) is 0.786. The van der Waals surface area contributed by atoms with Crippen LogP contribution in [0.5, 0.6) is 0 Å². The van der Waals surface area contributed by atoms with Crippen molar-refractivity contribution in [1.29, 1.82) is 0 Å². The summed E-state index contributed by atoms with van der Waals surface area (Å²) < 4.78 is 5.00. The highest BCUT2D eigenvalue weighted by molar-refractivity contribution is 5.67. The molecule has 1 heterocycles. The van der Waals surface area contributed by atoms with Gasteiger partial charge in [-0.1, -0.05) is 6.92 Å². The van der Waals surface area contributed by atoms with Crippen LogP contribution in [0.3, 0.4) is 0 Å². The molecule has 102 valence electrons. The molecule has 0 aromatic carbocycles. The quantitative estimate of drug-likeness (QED) is 0.761. The van der Waals surface area contributed by atoms with Crippen LogP contribution in [0.1, 0.15) is 39.5 Å². The Balaban J connectivity index is 2.30. The second-order valence-corrected chi connectivity index (χ2v) is 4.64. The number of carbonyl (C=O) groups excluding carboxylic acids is 1. The summed E-state index contributed by atoms with van der Waals surface area (Å²) in [5, 5.41) is 3.58. The maximum atomic E-state index is 11.5. The van der Waals surface area contributed by atoms with Crippen LogP contribution in [0.25, 0.3) is 0 Å². The standard InChI is InChI=1S/C14H24N2O2/c1-4-7-12(5-2)15-13-8-10-16(11-9-13)14(17)18-6-3/h1,12-13,15H,5-11H2,2-3H3. The number of nitrogens with one attached hydrogen (secondary N) is 1. The first-order valence-electron chi connectivity index (χ1n) is 6.82. The van der Waals surface area contributed by atoms with Gasteiger partial charge in [0.1, 0.15) is 0 Å². The van der Waals surface area contributed by atoms with Gasteiger partial charge in [0, 0.05) is 31.6 Å². The molecule has 1 unspecified atom stereocenters. The van der Waals surface area contributed by atoms with Gasteiger partial charge in [-0.2, -0.15) is 0 Å². The van der Waals surface area contributed by atoms with Gasteiger partial charge in [-0.25, -0.2) is 4.79 Å². The zero-order chi connectivity index (χ0) is 13.4. The number of ether oxygens (including phenoxy) is 1. The van der Waals surface area contributed by atoms with E-state index in [4.69, 9.17) is 11.2 Å². The first kappa shape index (κ1) is 14.8. The Bertz CT molecular complexity index is 291. The van der Waals surface area contributed by atoms with Crippen molar-refractivity contribution in [3.63, 3.8) is 0 Å². The summed E-state index contributed by atoms with van der Waals surface area (Å²) in [4.78, 5) is 13.3. The lowest BCUT2D eigenvalue weighted by molar-refractivity contribution is 0.0942. The van der Waals surface area contributed by atoms with Gasteiger partial charge in [-0.05, 0) is 26.2 Å². The number of carbonyl (C=O) groups is 1. The molecule has 0 spiro atoms. The van der Waals surface area contributed by atoms with E-state index in [0.29, 0.717) is 18.7 Å². The maximum absolute atomic E-state index is 11.5. The summed E-state index contributed by atoms with van der Waals surface area (Å²) in [5.74, 6) is 2.71. The van der Waals surface area contributed by atoms with E-state index in [1.165, 1.54) is 0 Å². The van der Waals surface area contributed by atoms with Crippen LogP contribution in [-0.2, 0) is 4.74 Å². The molecule has 4 heteroatoms. The second-order valence-electron chi connectivity index (χ2n) is 4.64. The number of terminal acetylenes is 1. The Labute approximate surface area is 110 Å². The number of hydrogen-bond donors (Lipinski definition) is 1. The zero-order valence-corrected chi connectivity index (χ0v) is 11.4. The van der Waals surface area contributed by atoms with Crippen LogP contribution < -0.4 is 5.32 Å². The van der Waals surface area contributed by atoms with E-state index in [1.54, 1.807) is 4.90 Å². The minimum absolute atomic E-state index is 0.188. The molecule has 1 aliphatic rings. The fourth-order valence-corrected chi connectivity index (χ4v) is 2.24. The average molecular weight is 252 g/mol. The smallest absolute Gasteiger partial charge is 0.409 e. The second kappa shape index (κ2) is 7.99. The van der Waals surface area contributed by atoms with Crippen molar-refractivity contribution in [1.82, 2.24) is 10.2 Å². The summed E-state index contributed by atoms with van der Waals surface area (Å²) in [5.41, 5.74) is 0. The first-order valence-corrected chi connectivity index (χ1v) is 6.82. The van der Waals surface area contributed by atoms with Gasteiger partial charge < -0.3 is 15.0 Å². The third-order valence-electron chi connectivity index (χ3n) is 3.35. The number of rotatable bonds is 5. The summed E-state index contributed by atoms with van der Waals surface area (Å²) in [6.45, 7) is 5.95. The minimum atomic E-state index is -0.188. The van der Waals surface area contributed by atoms with Gasteiger partial charge in [0.05, 0.1) is 6.61 Å². The van der Waals surface area contributed by atoms with E-state index in [0.717, 1.165) is 38.8 Å². The van der Waals surface area contributed by atoms with Crippen molar-refractivity contribution in [2.24, 2.45) is 0 Å².